The first-order chi connectivity index (χ1) is 19.1. The van der Waals surface area contributed by atoms with Crippen molar-refractivity contribution in [2.45, 2.75) is 19.5 Å². The number of carbonyl (C=O) groups is 1. The van der Waals surface area contributed by atoms with E-state index >= 15 is 0 Å². The largest absolute Gasteiger partial charge is 0.403 e. The Morgan fingerprint density at radius 1 is 1.03 bits per heavy atom. The van der Waals surface area contributed by atoms with E-state index in [1.54, 1.807) is 13.0 Å². The number of fused-ring (bicyclic) bond motifs is 1. The number of hydrogen-bond acceptors (Lipinski definition) is 10. The molecular formula is C29H25N7O3. The van der Waals surface area contributed by atoms with E-state index in [9.17, 15) is 10.1 Å². The first-order valence-electron chi connectivity index (χ1n) is 12.7. The van der Waals surface area contributed by atoms with Crippen molar-refractivity contribution in [3.05, 3.63) is 88.6 Å². The smallest absolute Gasteiger partial charge is 0.317 e. The average molecular weight is 520 g/mol. The maximum atomic E-state index is 13.3. The number of rotatable bonds is 5. The monoisotopic (exact) mass is 519 g/mol. The lowest BCUT2D eigenvalue weighted by atomic mass is 9.96. The van der Waals surface area contributed by atoms with Crippen molar-refractivity contribution >= 4 is 23.3 Å². The highest BCUT2D eigenvalue weighted by molar-refractivity contribution is 6.16. The molecule has 1 N–H and O–H groups in total. The number of carbonyl (C=O) groups excluding carboxylic acids is 1. The molecule has 0 spiro atoms. The number of Topliss-reactive ketones (excluding diaryl/α,β-unsaturated/α-hetero) is 1. The maximum Gasteiger partial charge on any atom is 0.317 e. The van der Waals surface area contributed by atoms with Gasteiger partial charge in [-0.2, -0.15) is 5.26 Å². The van der Waals surface area contributed by atoms with Crippen LogP contribution in [0.3, 0.4) is 0 Å². The Morgan fingerprint density at radius 2 is 1.79 bits per heavy atom. The summed E-state index contributed by atoms with van der Waals surface area (Å²) in [5, 5.41) is 21.0. The van der Waals surface area contributed by atoms with E-state index in [4.69, 9.17) is 14.1 Å². The Bertz CT molecular complexity index is 1600. The number of ether oxygens (including phenoxy) is 1. The molecule has 1 saturated heterocycles. The molecule has 2 aromatic carbocycles. The van der Waals surface area contributed by atoms with Crippen molar-refractivity contribution in [2.75, 3.05) is 36.5 Å². The SMILES string of the molecule is Cc1nc(N2CCOCC2)c(-c2nnc(N[C@H]3N=C(c4ccccc4)c4ccccc4CC3=O)o2)cc1C#N. The predicted molar refractivity (Wildman–Crippen MR) is 145 cm³/mol. The van der Waals surface area contributed by atoms with E-state index in [1.165, 1.54) is 0 Å². The minimum atomic E-state index is -0.926. The molecule has 2 aliphatic heterocycles. The summed E-state index contributed by atoms with van der Waals surface area (Å²) in [6.45, 7) is 4.25. The first kappa shape index (κ1) is 24.5. The fraction of sp³-hybridized carbons (Fsp3) is 0.241. The number of hydrogen-bond donors (Lipinski definition) is 1. The molecule has 0 radical (unpaired) electrons. The molecule has 2 aliphatic rings. The molecule has 10 heteroatoms. The number of pyridine rings is 1. The molecular weight excluding hydrogens is 494 g/mol. The highest BCUT2D eigenvalue weighted by Gasteiger charge is 2.28. The second kappa shape index (κ2) is 10.5. The fourth-order valence-corrected chi connectivity index (χ4v) is 4.79. The molecule has 2 aromatic heterocycles. The van der Waals surface area contributed by atoms with Gasteiger partial charge in [0.05, 0.1) is 35.7 Å². The summed E-state index contributed by atoms with van der Waals surface area (Å²) in [4.78, 5) is 24.9. The normalized spacial score (nSPS) is 17.1. The number of nitrogens with one attached hydrogen (secondary N) is 1. The molecule has 1 atom stereocenters. The van der Waals surface area contributed by atoms with Crippen molar-refractivity contribution in [3.8, 4) is 17.5 Å². The van der Waals surface area contributed by atoms with Gasteiger partial charge in [0.25, 0.3) is 5.89 Å². The van der Waals surface area contributed by atoms with Crippen LogP contribution in [0.25, 0.3) is 11.5 Å². The number of anilines is 2. The zero-order chi connectivity index (χ0) is 26.8. The molecule has 194 valence electrons. The lowest BCUT2D eigenvalue weighted by molar-refractivity contribution is -0.119. The van der Waals surface area contributed by atoms with Gasteiger partial charge in [-0.25, -0.2) is 4.98 Å². The van der Waals surface area contributed by atoms with Gasteiger partial charge in [0.15, 0.2) is 11.9 Å². The van der Waals surface area contributed by atoms with Crippen molar-refractivity contribution in [3.63, 3.8) is 0 Å². The standard InChI is InChI=1S/C29H25N7O3/c1-18-21(17-30)15-23(27(31-18)36-11-13-38-14-12-36)28-34-35-29(39-28)33-26-24(37)16-20-9-5-6-10-22(20)25(32-26)19-7-3-2-4-8-19/h2-10,15,26H,11-14,16H2,1H3,(H,33,35)/t26-/m1/s1. The van der Waals surface area contributed by atoms with Gasteiger partial charge in [0, 0.05) is 30.6 Å². The minimum absolute atomic E-state index is 0.0532. The zero-order valence-electron chi connectivity index (χ0n) is 21.3. The number of ketones is 1. The van der Waals surface area contributed by atoms with Gasteiger partial charge in [-0.05, 0) is 18.6 Å². The second-order valence-electron chi connectivity index (χ2n) is 9.31. The van der Waals surface area contributed by atoms with Crippen molar-refractivity contribution in [2.24, 2.45) is 4.99 Å². The van der Waals surface area contributed by atoms with E-state index in [2.05, 4.69) is 31.5 Å². The summed E-state index contributed by atoms with van der Waals surface area (Å²) in [5.74, 6) is 0.723. The van der Waals surface area contributed by atoms with Crippen molar-refractivity contribution in [1.82, 2.24) is 15.2 Å². The van der Waals surface area contributed by atoms with Crippen LogP contribution in [0, 0.1) is 18.3 Å². The Hall–Kier alpha value is -4.88. The van der Waals surface area contributed by atoms with Crippen LogP contribution < -0.4 is 10.2 Å². The average Bonchev–Trinajstić information content (AvgIpc) is 3.39. The summed E-state index contributed by atoms with van der Waals surface area (Å²) in [7, 11) is 0. The maximum absolute atomic E-state index is 13.3. The number of benzene rings is 2. The fourth-order valence-electron chi connectivity index (χ4n) is 4.79. The highest BCUT2D eigenvalue weighted by atomic mass is 16.5. The highest BCUT2D eigenvalue weighted by Crippen LogP contribution is 2.32. The first-order valence-corrected chi connectivity index (χ1v) is 12.7. The topological polar surface area (TPSA) is 130 Å². The molecule has 10 nitrogen and oxygen atoms in total. The molecule has 0 unspecified atom stereocenters. The predicted octanol–water partition coefficient (Wildman–Crippen LogP) is 3.55. The summed E-state index contributed by atoms with van der Waals surface area (Å²) in [5.41, 5.74) is 5.03. The third-order valence-corrected chi connectivity index (χ3v) is 6.79. The zero-order valence-corrected chi connectivity index (χ0v) is 21.3. The number of morpholine rings is 1. The molecule has 0 saturated carbocycles. The van der Waals surface area contributed by atoms with Crippen LogP contribution in [0.4, 0.5) is 11.8 Å². The Kier molecular flexibility index (Phi) is 6.57. The number of aryl methyl sites for hydroxylation is 1. The van der Waals surface area contributed by atoms with Gasteiger partial charge in [-0.1, -0.05) is 59.7 Å². The second-order valence-corrected chi connectivity index (χ2v) is 9.31. The molecule has 1 fully saturated rings. The Morgan fingerprint density at radius 3 is 2.59 bits per heavy atom. The van der Waals surface area contributed by atoms with Crippen LogP contribution >= 0.6 is 0 Å². The van der Waals surface area contributed by atoms with Crippen LogP contribution in [-0.2, 0) is 16.0 Å². The lowest BCUT2D eigenvalue weighted by Gasteiger charge is -2.29. The lowest BCUT2D eigenvalue weighted by Crippen LogP contribution is -2.37. The Labute approximate surface area is 225 Å². The van der Waals surface area contributed by atoms with Gasteiger partial charge in [0.1, 0.15) is 11.9 Å². The minimum Gasteiger partial charge on any atom is -0.403 e. The van der Waals surface area contributed by atoms with Gasteiger partial charge >= 0.3 is 6.01 Å². The number of aliphatic imine (C=N–C) groups is 1. The van der Waals surface area contributed by atoms with Gasteiger partial charge in [-0.3, -0.25) is 9.79 Å². The van der Waals surface area contributed by atoms with Gasteiger partial charge in [0.2, 0.25) is 0 Å². The molecule has 39 heavy (non-hydrogen) atoms. The molecule has 4 heterocycles. The van der Waals surface area contributed by atoms with Crippen molar-refractivity contribution < 1.29 is 13.9 Å². The molecule has 6 rings (SSSR count). The molecule has 0 bridgehead atoms. The van der Waals surface area contributed by atoms with E-state index < -0.39 is 6.17 Å². The van der Waals surface area contributed by atoms with Crippen molar-refractivity contribution in [1.29, 1.82) is 5.26 Å². The van der Waals surface area contributed by atoms with Gasteiger partial charge < -0.3 is 19.4 Å². The number of aromatic nitrogens is 3. The molecule has 0 amide bonds. The number of nitrogens with zero attached hydrogens (tertiary/aromatic N) is 6. The van der Waals surface area contributed by atoms with Crippen LogP contribution in [0.1, 0.15) is 27.9 Å². The summed E-state index contributed by atoms with van der Waals surface area (Å²) < 4.78 is 11.5. The van der Waals surface area contributed by atoms with Crippen LogP contribution in [0.2, 0.25) is 0 Å². The molecule has 4 aromatic rings. The van der Waals surface area contributed by atoms with Gasteiger partial charge in [-0.15, -0.1) is 5.10 Å². The van der Waals surface area contributed by atoms with E-state index in [0.717, 1.165) is 16.7 Å². The van der Waals surface area contributed by atoms with Crippen LogP contribution in [0.15, 0.2) is 70.1 Å². The third kappa shape index (κ3) is 4.87. The molecule has 0 aliphatic carbocycles. The van der Waals surface area contributed by atoms with E-state index in [1.807, 2.05) is 54.6 Å². The summed E-state index contributed by atoms with van der Waals surface area (Å²) in [6, 6.07) is 21.5. The van der Waals surface area contributed by atoms with Crippen LogP contribution in [-0.4, -0.2) is 59.1 Å². The van der Waals surface area contributed by atoms with E-state index in [0.29, 0.717) is 54.7 Å². The number of nitriles is 1. The van der Waals surface area contributed by atoms with E-state index in [-0.39, 0.29) is 24.1 Å². The third-order valence-electron chi connectivity index (χ3n) is 6.79. The Balaban J connectivity index is 1.35. The van der Waals surface area contributed by atoms with Crippen LogP contribution in [0.5, 0.6) is 0 Å². The summed E-state index contributed by atoms with van der Waals surface area (Å²) in [6.07, 6.45) is -0.714. The quantitative estimate of drug-likeness (QED) is 0.421. The summed E-state index contributed by atoms with van der Waals surface area (Å²) >= 11 is 0.